The van der Waals surface area contributed by atoms with E-state index in [1.54, 1.807) is 0 Å². The molecule has 0 radical (unpaired) electrons. The molecule has 106 valence electrons. The van der Waals surface area contributed by atoms with Crippen LogP contribution >= 0.6 is 0 Å². The summed E-state index contributed by atoms with van der Waals surface area (Å²) in [6, 6.07) is 5.03. The molecular weight excluding hydrogens is 261 g/mol. The molecule has 0 aliphatic carbocycles. The Labute approximate surface area is 109 Å². The normalized spacial score (nSPS) is 13.1. The summed E-state index contributed by atoms with van der Waals surface area (Å²) in [6.07, 6.45) is -4.68. The van der Waals surface area contributed by atoms with Crippen LogP contribution < -0.4 is 4.74 Å². The molecule has 0 bridgehead atoms. The average molecular weight is 276 g/mol. The summed E-state index contributed by atoms with van der Waals surface area (Å²) < 4.78 is 39.5. The second kappa shape index (κ2) is 6.56. The highest BCUT2D eigenvalue weighted by molar-refractivity contribution is 5.84. The molecule has 0 amide bonds. The van der Waals surface area contributed by atoms with Crippen LogP contribution in [-0.4, -0.2) is 23.4 Å². The highest BCUT2D eigenvalue weighted by Crippen LogP contribution is 2.22. The van der Waals surface area contributed by atoms with Gasteiger partial charge in [-0.05, 0) is 24.1 Å². The third-order valence-electron chi connectivity index (χ3n) is 2.47. The molecule has 1 unspecified atom stereocenters. The number of hydrogen-bond donors (Lipinski definition) is 1. The first kappa shape index (κ1) is 15.5. The van der Waals surface area contributed by atoms with E-state index in [1.165, 1.54) is 12.1 Å². The van der Waals surface area contributed by atoms with Gasteiger partial charge in [-0.25, -0.2) is 0 Å². The van der Waals surface area contributed by atoms with E-state index >= 15 is 0 Å². The Balaban J connectivity index is 2.59. The minimum absolute atomic E-state index is 0.00648. The molecular formula is C13H15F3O3. The number of rotatable bonds is 6. The fraction of sp³-hybridized carbons (Fsp3) is 0.462. The third kappa shape index (κ3) is 5.74. The molecule has 1 aromatic rings. The number of ether oxygens (including phenoxy) is 1. The maximum Gasteiger partial charge on any atom is 0.573 e. The molecule has 0 aromatic heterocycles. The van der Waals surface area contributed by atoms with Crippen molar-refractivity contribution in [3.8, 4) is 5.75 Å². The Bertz CT molecular complexity index is 412. The SMILES string of the molecule is CCCC(O)C(=O)Cc1ccc(OC(F)(F)F)cc1. The first-order valence-corrected chi connectivity index (χ1v) is 5.87. The fourth-order valence-corrected chi connectivity index (χ4v) is 1.56. The molecule has 0 fully saturated rings. The van der Waals surface area contributed by atoms with Gasteiger partial charge in [0, 0.05) is 6.42 Å². The summed E-state index contributed by atoms with van der Waals surface area (Å²) in [5, 5.41) is 9.46. The van der Waals surface area contributed by atoms with Gasteiger partial charge in [0.25, 0.3) is 0 Å². The van der Waals surface area contributed by atoms with Crippen LogP contribution in [0.5, 0.6) is 5.75 Å². The van der Waals surface area contributed by atoms with E-state index in [0.29, 0.717) is 18.4 Å². The summed E-state index contributed by atoms with van der Waals surface area (Å²) in [5.41, 5.74) is 0.537. The summed E-state index contributed by atoms with van der Waals surface area (Å²) in [5.74, 6) is -0.677. The second-order valence-corrected chi connectivity index (χ2v) is 4.14. The van der Waals surface area contributed by atoms with Crippen LogP contribution in [0.3, 0.4) is 0 Å². The number of Topliss-reactive ketones (excluding diaryl/α,β-unsaturated/α-hetero) is 1. The molecule has 0 aliphatic rings. The number of hydrogen-bond acceptors (Lipinski definition) is 3. The van der Waals surface area contributed by atoms with Gasteiger partial charge in [0.1, 0.15) is 11.9 Å². The largest absolute Gasteiger partial charge is 0.573 e. The van der Waals surface area contributed by atoms with Crippen molar-refractivity contribution in [2.24, 2.45) is 0 Å². The molecule has 1 N–H and O–H groups in total. The van der Waals surface area contributed by atoms with E-state index in [9.17, 15) is 23.1 Å². The highest BCUT2D eigenvalue weighted by Gasteiger charge is 2.30. The first-order valence-electron chi connectivity index (χ1n) is 5.87. The summed E-state index contributed by atoms with van der Waals surface area (Å²) in [7, 11) is 0. The Kier molecular flexibility index (Phi) is 5.35. The molecule has 0 saturated carbocycles. The van der Waals surface area contributed by atoms with Gasteiger partial charge >= 0.3 is 6.36 Å². The van der Waals surface area contributed by atoms with Gasteiger partial charge < -0.3 is 9.84 Å². The van der Waals surface area contributed by atoms with Gasteiger partial charge in [-0.2, -0.15) is 0 Å². The van der Waals surface area contributed by atoms with Crippen LogP contribution in [0.15, 0.2) is 24.3 Å². The molecule has 3 nitrogen and oxygen atoms in total. The number of aliphatic hydroxyl groups is 1. The van der Waals surface area contributed by atoms with Gasteiger partial charge in [0.15, 0.2) is 5.78 Å². The Morgan fingerprint density at radius 2 is 1.89 bits per heavy atom. The summed E-state index contributed by atoms with van der Waals surface area (Å²) in [4.78, 5) is 11.6. The summed E-state index contributed by atoms with van der Waals surface area (Å²) in [6.45, 7) is 1.85. The van der Waals surface area contributed by atoms with Crippen LogP contribution in [0.4, 0.5) is 13.2 Å². The minimum Gasteiger partial charge on any atom is -0.406 e. The van der Waals surface area contributed by atoms with Crippen LogP contribution in [0.1, 0.15) is 25.3 Å². The highest BCUT2D eigenvalue weighted by atomic mass is 19.4. The standard InChI is InChI=1S/C13H15F3O3/c1-2-3-11(17)12(18)8-9-4-6-10(7-5-9)19-13(14,15)16/h4-7,11,17H,2-3,8H2,1H3. The van der Waals surface area contributed by atoms with Gasteiger partial charge in [-0.1, -0.05) is 25.5 Å². The van der Waals surface area contributed by atoms with E-state index in [-0.39, 0.29) is 18.0 Å². The van der Waals surface area contributed by atoms with Crippen molar-refractivity contribution in [1.29, 1.82) is 0 Å². The molecule has 0 heterocycles. The van der Waals surface area contributed by atoms with Crippen LogP contribution in [-0.2, 0) is 11.2 Å². The number of halogens is 3. The van der Waals surface area contributed by atoms with Gasteiger partial charge in [-0.3, -0.25) is 4.79 Å². The van der Waals surface area contributed by atoms with Gasteiger partial charge in [0.2, 0.25) is 0 Å². The number of carbonyl (C=O) groups is 1. The van der Waals surface area contributed by atoms with Crippen molar-refractivity contribution in [2.45, 2.75) is 38.7 Å². The Hall–Kier alpha value is -1.56. The fourth-order valence-electron chi connectivity index (χ4n) is 1.56. The lowest BCUT2D eigenvalue weighted by Crippen LogP contribution is -2.22. The number of alkyl halides is 3. The lowest BCUT2D eigenvalue weighted by atomic mass is 10.0. The number of ketones is 1. The Morgan fingerprint density at radius 1 is 1.32 bits per heavy atom. The summed E-state index contributed by atoms with van der Waals surface area (Å²) >= 11 is 0. The molecule has 1 rings (SSSR count). The molecule has 1 aromatic carbocycles. The zero-order valence-corrected chi connectivity index (χ0v) is 10.4. The van der Waals surface area contributed by atoms with Crippen LogP contribution in [0.25, 0.3) is 0 Å². The topological polar surface area (TPSA) is 46.5 Å². The van der Waals surface area contributed by atoms with E-state index in [4.69, 9.17) is 0 Å². The van der Waals surface area contributed by atoms with Crippen molar-refractivity contribution in [3.05, 3.63) is 29.8 Å². The average Bonchev–Trinajstić information content (AvgIpc) is 2.30. The predicted octanol–water partition coefficient (Wildman–Crippen LogP) is 2.86. The lowest BCUT2D eigenvalue weighted by Gasteiger charge is -2.10. The third-order valence-corrected chi connectivity index (χ3v) is 2.47. The van der Waals surface area contributed by atoms with Crippen molar-refractivity contribution >= 4 is 5.78 Å². The zero-order chi connectivity index (χ0) is 14.5. The van der Waals surface area contributed by atoms with Crippen molar-refractivity contribution < 1.29 is 27.8 Å². The van der Waals surface area contributed by atoms with Crippen LogP contribution in [0.2, 0.25) is 0 Å². The molecule has 0 saturated heterocycles. The maximum absolute atomic E-state index is 11.9. The van der Waals surface area contributed by atoms with E-state index < -0.39 is 12.5 Å². The van der Waals surface area contributed by atoms with E-state index in [2.05, 4.69) is 4.74 Å². The van der Waals surface area contributed by atoms with Gasteiger partial charge in [-0.15, -0.1) is 13.2 Å². The maximum atomic E-state index is 11.9. The number of benzene rings is 1. The van der Waals surface area contributed by atoms with Crippen LogP contribution in [0, 0.1) is 0 Å². The molecule has 6 heteroatoms. The quantitative estimate of drug-likeness (QED) is 0.869. The smallest absolute Gasteiger partial charge is 0.406 e. The molecule has 0 aliphatic heterocycles. The number of aliphatic hydroxyl groups excluding tert-OH is 1. The predicted molar refractivity (Wildman–Crippen MR) is 62.8 cm³/mol. The lowest BCUT2D eigenvalue weighted by molar-refractivity contribution is -0.274. The molecule has 19 heavy (non-hydrogen) atoms. The first-order chi connectivity index (χ1) is 8.81. The van der Waals surface area contributed by atoms with E-state index in [0.717, 1.165) is 12.1 Å². The van der Waals surface area contributed by atoms with E-state index in [1.807, 2.05) is 6.92 Å². The molecule has 0 spiro atoms. The molecule has 1 atom stereocenters. The van der Waals surface area contributed by atoms with Gasteiger partial charge in [0.05, 0.1) is 0 Å². The second-order valence-electron chi connectivity index (χ2n) is 4.14. The zero-order valence-electron chi connectivity index (χ0n) is 10.4. The van der Waals surface area contributed by atoms with Crippen molar-refractivity contribution in [1.82, 2.24) is 0 Å². The minimum atomic E-state index is -4.73. The monoisotopic (exact) mass is 276 g/mol. The van der Waals surface area contributed by atoms with Crippen molar-refractivity contribution in [3.63, 3.8) is 0 Å². The van der Waals surface area contributed by atoms with Crippen molar-refractivity contribution in [2.75, 3.05) is 0 Å². The Morgan fingerprint density at radius 3 is 2.37 bits per heavy atom. The number of carbonyl (C=O) groups excluding carboxylic acids is 1.